The van der Waals surface area contributed by atoms with Crippen molar-refractivity contribution in [3.05, 3.63) is 71.8 Å². The maximum absolute atomic E-state index is 13.5. The van der Waals surface area contributed by atoms with E-state index in [1.807, 2.05) is 79.1 Å². The average Bonchev–Trinajstić information content (AvgIpc) is 1.60. The summed E-state index contributed by atoms with van der Waals surface area (Å²) >= 11 is 0. The minimum Gasteiger partial charge on any atom is -0.481 e. The number of benzene rings is 2. The van der Waals surface area contributed by atoms with Gasteiger partial charge in [0.1, 0.15) is 45.4 Å². The number of nitrogens with zero attached hydrogens (tertiary/aromatic N) is 3. The van der Waals surface area contributed by atoms with E-state index in [9.17, 15) is 48.3 Å². The van der Waals surface area contributed by atoms with Crippen molar-refractivity contribution >= 4 is 72.1 Å². The molecule has 5 N–H and O–H groups in total. The molecule has 2 spiro atoms. The Labute approximate surface area is 541 Å². The first kappa shape index (κ1) is 73.2. The predicted octanol–water partition coefficient (Wildman–Crippen LogP) is 8.19. The van der Waals surface area contributed by atoms with Crippen molar-refractivity contribution in [3.8, 4) is 0 Å². The van der Waals surface area contributed by atoms with Gasteiger partial charge in [0.05, 0.1) is 19.6 Å². The minimum atomic E-state index is -1.02. The van der Waals surface area contributed by atoms with Crippen LogP contribution in [0.1, 0.15) is 206 Å². The predicted molar refractivity (Wildman–Crippen MR) is 338 cm³/mol. The molecule has 2 aromatic carbocycles. The number of aryl methyl sites for hydroxylation is 1. The molecule has 6 saturated heterocycles. The van der Waals surface area contributed by atoms with Gasteiger partial charge in [-0.25, -0.2) is 9.59 Å². The zero-order valence-corrected chi connectivity index (χ0v) is 55.1. The van der Waals surface area contributed by atoms with E-state index in [0.717, 1.165) is 173 Å². The zero-order valence-electron chi connectivity index (χ0n) is 54.3. The van der Waals surface area contributed by atoms with E-state index in [0.29, 0.717) is 25.8 Å². The molecule has 6 aliphatic heterocycles. The van der Waals surface area contributed by atoms with Crippen molar-refractivity contribution in [2.24, 2.45) is 5.41 Å². The summed E-state index contributed by atoms with van der Waals surface area (Å²) in [6.45, 7) is 10.5. The highest BCUT2D eigenvalue weighted by Crippen LogP contribution is 2.44. The molecule has 502 valence electrons. The smallest absolute Gasteiger partial charge is 0.408 e. The summed E-state index contributed by atoms with van der Waals surface area (Å²) in [4.78, 5) is 132. The number of ether oxygens (including phenoxy) is 3. The molecule has 23 heteroatoms. The lowest BCUT2D eigenvalue weighted by molar-refractivity contribution is -0.192. The average molecular weight is 1290 g/mol. The number of alkyl carbamates (subject to hydrolysis) is 1. The van der Waals surface area contributed by atoms with Gasteiger partial charge in [0.25, 0.3) is 0 Å². The highest BCUT2D eigenvalue weighted by Gasteiger charge is 2.60. The SMILES string of the molecule is COC(=O)[C@]1(C)CCCN1.COC(=O)[C@]1(C)CCCN1C(=O)C1(NC(=O)OCc2ccccc2)CCCC1.C[C@@]12CCCN1C(=O)C1(CCCC1)NC2=O.C[C@@]12CCCN1C(=O)C1(CCCC1)NC2=O.Cl.O=C(O)C1(CCc2ccccc2)CCCCC1.O=C=O. The molecule has 2 aromatic rings. The zero-order chi connectivity index (χ0) is 65.4. The summed E-state index contributed by atoms with van der Waals surface area (Å²) in [5.41, 5.74) is -2.95. The fraction of sp³-hybridized carbons (Fsp3) is 0.676. The van der Waals surface area contributed by atoms with E-state index in [2.05, 4.69) is 38.1 Å². The fourth-order valence-corrected chi connectivity index (χ4v) is 15.4. The van der Waals surface area contributed by atoms with Gasteiger partial charge in [-0.3, -0.25) is 33.6 Å². The van der Waals surface area contributed by atoms with Crippen LogP contribution in [0.4, 0.5) is 4.79 Å². The van der Waals surface area contributed by atoms with Crippen LogP contribution in [0.2, 0.25) is 0 Å². The Morgan fingerprint density at radius 1 is 0.560 bits per heavy atom. The Morgan fingerprint density at radius 2 is 1.01 bits per heavy atom. The van der Waals surface area contributed by atoms with Crippen molar-refractivity contribution in [2.45, 2.75) is 246 Å². The summed E-state index contributed by atoms with van der Waals surface area (Å²) in [6.07, 6.45) is 23.4. The Bertz CT molecular complexity index is 2830. The molecular formula is C68H98ClN7O15. The Balaban J connectivity index is 0.000000185. The van der Waals surface area contributed by atoms with Gasteiger partial charge in [0.2, 0.25) is 29.5 Å². The van der Waals surface area contributed by atoms with Crippen LogP contribution in [-0.4, -0.2) is 159 Å². The van der Waals surface area contributed by atoms with Crippen LogP contribution in [0.3, 0.4) is 0 Å². The lowest BCUT2D eigenvalue weighted by atomic mass is 9.71. The second kappa shape index (κ2) is 31.6. The number of carbonyl (C=O) groups is 9. The largest absolute Gasteiger partial charge is 0.481 e. The van der Waals surface area contributed by atoms with Crippen molar-refractivity contribution < 1.29 is 72.1 Å². The van der Waals surface area contributed by atoms with Gasteiger partial charge in [-0.2, -0.15) is 9.59 Å². The van der Waals surface area contributed by atoms with Gasteiger partial charge in [-0.05, 0) is 161 Å². The number of carboxylic acids is 1. The van der Waals surface area contributed by atoms with E-state index in [1.54, 1.807) is 11.8 Å². The summed E-state index contributed by atoms with van der Waals surface area (Å²) in [5, 5.41) is 21.5. The summed E-state index contributed by atoms with van der Waals surface area (Å²) < 4.78 is 14.9. The normalized spacial score (nSPS) is 27.2. The first-order valence-electron chi connectivity index (χ1n) is 32.7. The number of nitrogens with one attached hydrogen (secondary N) is 4. The molecule has 4 aliphatic carbocycles. The molecule has 4 saturated carbocycles. The number of esters is 2. The first-order valence-corrected chi connectivity index (χ1v) is 32.7. The van der Waals surface area contributed by atoms with Crippen molar-refractivity contribution in [1.29, 1.82) is 0 Å². The molecular weight excluding hydrogens is 1190 g/mol. The molecule has 0 aromatic heterocycles. The van der Waals surface area contributed by atoms with Crippen LogP contribution in [0.15, 0.2) is 60.7 Å². The van der Waals surface area contributed by atoms with Gasteiger partial charge >= 0.3 is 30.2 Å². The molecule has 0 bridgehead atoms. The second-order valence-corrected chi connectivity index (χ2v) is 27.0. The molecule has 0 radical (unpaired) electrons. The maximum Gasteiger partial charge on any atom is 0.408 e. The molecule has 22 nitrogen and oxygen atoms in total. The number of rotatable bonds is 10. The highest BCUT2D eigenvalue weighted by atomic mass is 35.5. The number of carboxylic acid groups (broad SMARTS) is 1. The van der Waals surface area contributed by atoms with E-state index < -0.39 is 62.2 Å². The Hall–Kier alpha value is -6.90. The second-order valence-electron chi connectivity index (χ2n) is 27.0. The topological polar surface area (TPSA) is 294 Å². The molecule has 10 aliphatic rings. The highest BCUT2D eigenvalue weighted by molar-refractivity contribution is 6.04. The lowest BCUT2D eigenvalue weighted by Crippen LogP contribution is -2.72. The van der Waals surface area contributed by atoms with Crippen LogP contribution in [-0.2, 0) is 75.2 Å². The number of fused-ring (bicyclic) bond motifs is 2. The van der Waals surface area contributed by atoms with Crippen LogP contribution in [0.25, 0.3) is 0 Å². The Morgan fingerprint density at radius 3 is 1.46 bits per heavy atom. The molecule has 0 unspecified atom stereocenters. The fourth-order valence-electron chi connectivity index (χ4n) is 15.4. The van der Waals surface area contributed by atoms with E-state index >= 15 is 0 Å². The van der Waals surface area contributed by atoms with Gasteiger partial charge in [-0.15, -0.1) is 12.4 Å². The molecule has 4 atom stereocenters. The number of methoxy groups -OCH3 is 2. The maximum atomic E-state index is 13.5. The van der Waals surface area contributed by atoms with Gasteiger partial charge < -0.3 is 55.3 Å². The van der Waals surface area contributed by atoms with Crippen LogP contribution in [0, 0.1) is 5.41 Å². The summed E-state index contributed by atoms with van der Waals surface area (Å²) in [6, 6.07) is 19.6. The standard InChI is InChI=1S/C21H28N2O5.C15H20O2.2C12H18N2O2.C7H13NO2.CO2.ClH/c1-20(18(25)27-2)11-8-14-23(20)17(24)21(12-6-7-13-21)22-19(26)28-15-16-9-4-3-5-10-16;16-14(17)15(10-5-2-6-11-15)12-9-13-7-3-1-4-8-13;2*1-11-5-4-8-14(11)10(16)12(13-9(11)15)6-2-3-7-12;1-7(6(9)10-2)4-3-5-8-7;2-1-3;/h3-5,9-10H,6-8,11-15H2,1-2H3,(H,22,26);1,3-4,7-8H,2,5-6,9-12H2,(H,16,17);2*2-8H2,1H3,(H,13,15);8H,3-5H2,1-2H3;;1H/t20-;;2*11-;7-;;/m0.000../s1. The molecule has 6 amide bonds. The number of likely N-dealkylation sites (tertiary alicyclic amines) is 1. The third-order valence-corrected chi connectivity index (χ3v) is 21.1. The number of halogens is 1. The molecule has 10 fully saturated rings. The summed E-state index contributed by atoms with van der Waals surface area (Å²) in [5.74, 6) is -0.907. The van der Waals surface area contributed by atoms with Crippen LogP contribution < -0.4 is 21.3 Å². The van der Waals surface area contributed by atoms with Gasteiger partial charge in [0.15, 0.2) is 0 Å². The third kappa shape index (κ3) is 16.1. The van der Waals surface area contributed by atoms with Gasteiger partial charge in [-0.1, -0.05) is 118 Å². The molecule has 6 heterocycles. The van der Waals surface area contributed by atoms with Crippen molar-refractivity contribution in [1.82, 2.24) is 36.0 Å². The number of piperazine rings is 2. The third-order valence-electron chi connectivity index (χ3n) is 21.1. The molecule has 91 heavy (non-hydrogen) atoms. The summed E-state index contributed by atoms with van der Waals surface area (Å²) in [7, 11) is 2.76. The lowest BCUT2D eigenvalue weighted by Gasteiger charge is -2.46. The number of aliphatic carboxylic acids is 1. The van der Waals surface area contributed by atoms with Crippen molar-refractivity contribution in [2.75, 3.05) is 40.4 Å². The first-order chi connectivity index (χ1) is 42.9. The number of carbonyl (C=O) groups excluding carboxylic acids is 10. The van der Waals surface area contributed by atoms with Crippen molar-refractivity contribution in [3.63, 3.8) is 0 Å². The van der Waals surface area contributed by atoms with E-state index in [1.165, 1.54) is 26.2 Å². The van der Waals surface area contributed by atoms with E-state index in [4.69, 9.17) is 19.1 Å². The van der Waals surface area contributed by atoms with Gasteiger partial charge in [0, 0.05) is 19.6 Å². The minimum absolute atomic E-state index is 0. The number of hydrogen-bond acceptors (Lipinski definition) is 15. The Kier molecular flexibility index (Phi) is 25.4. The quantitative estimate of drug-likeness (QED) is 0.111. The van der Waals surface area contributed by atoms with Crippen LogP contribution in [0.5, 0.6) is 0 Å². The van der Waals surface area contributed by atoms with E-state index in [-0.39, 0.29) is 60.7 Å². The number of amides is 6. The monoisotopic (exact) mass is 1290 g/mol. The van der Waals surface area contributed by atoms with Crippen LogP contribution >= 0.6 is 12.4 Å². The molecule has 12 rings (SSSR count). The number of hydrogen-bond donors (Lipinski definition) is 5.